The predicted molar refractivity (Wildman–Crippen MR) is 70.8 cm³/mol. The van der Waals surface area contributed by atoms with E-state index in [0.717, 1.165) is 37.1 Å². The standard InChI is InChI=1S/C15H19NO/c1-2-6-14(11-15(17)12-9-10-12)16-13-7-4-3-5-8-13/h3-5,7-8,11-12,16H,2,6,9-10H2,1H3/b14-11-. The summed E-state index contributed by atoms with van der Waals surface area (Å²) in [6.07, 6.45) is 5.91. The molecule has 0 saturated heterocycles. The van der Waals surface area contributed by atoms with E-state index in [-0.39, 0.29) is 5.78 Å². The highest BCUT2D eigenvalue weighted by Gasteiger charge is 2.28. The first-order valence-electron chi connectivity index (χ1n) is 6.36. The predicted octanol–water partition coefficient (Wildman–Crippen LogP) is 3.76. The van der Waals surface area contributed by atoms with E-state index >= 15 is 0 Å². The number of anilines is 1. The SMILES string of the molecule is CCC/C(=C/C(=O)C1CC1)Nc1ccccc1. The summed E-state index contributed by atoms with van der Waals surface area (Å²) in [7, 11) is 0. The van der Waals surface area contributed by atoms with Gasteiger partial charge in [0.2, 0.25) is 0 Å². The van der Waals surface area contributed by atoms with E-state index in [2.05, 4.69) is 12.2 Å². The Hall–Kier alpha value is -1.57. The van der Waals surface area contributed by atoms with Gasteiger partial charge < -0.3 is 5.32 Å². The first kappa shape index (κ1) is 11.9. The molecule has 1 aliphatic carbocycles. The van der Waals surface area contributed by atoms with Gasteiger partial charge >= 0.3 is 0 Å². The summed E-state index contributed by atoms with van der Waals surface area (Å²) in [5.41, 5.74) is 2.09. The molecule has 2 nitrogen and oxygen atoms in total. The van der Waals surface area contributed by atoms with Crippen LogP contribution in [-0.2, 0) is 4.79 Å². The normalized spacial score (nSPS) is 15.7. The fourth-order valence-corrected chi connectivity index (χ4v) is 1.80. The second-order valence-corrected chi connectivity index (χ2v) is 4.59. The minimum absolute atomic E-state index is 0.289. The molecule has 0 unspecified atom stereocenters. The van der Waals surface area contributed by atoms with Crippen molar-refractivity contribution >= 4 is 11.5 Å². The summed E-state index contributed by atoms with van der Waals surface area (Å²) >= 11 is 0. The fraction of sp³-hybridized carbons (Fsp3) is 0.400. The number of ketones is 1. The molecule has 0 aromatic heterocycles. The zero-order valence-electron chi connectivity index (χ0n) is 10.3. The van der Waals surface area contributed by atoms with Gasteiger partial charge in [-0.05, 0) is 31.4 Å². The second kappa shape index (κ2) is 5.67. The number of carbonyl (C=O) groups is 1. The molecule has 0 atom stereocenters. The van der Waals surface area contributed by atoms with Crippen LogP contribution in [0.1, 0.15) is 32.6 Å². The van der Waals surface area contributed by atoms with Crippen molar-refractivity contribution in [2.24, 2.45) is 5.92 Å². The number of allylic oxidation sites excluding steroid dienone is 2. The van der Waals surface area contributed by atoms with Gasteiger partial charge in [0.15, 0.2) is 5.78 Å². The number of hydrogen-bond acceptors (Lipinski definition) is 2. The van der Waals surface area contributed by atoms with Crippen molar-refractivity contribution in [3.05, 3.63) is 42.1 Å². The number of nitrogens with one attached hydrogen (secondary N) is 1. The molecular formula is C15H19NO. The summed E-state index contributed by atoms with van der Waals surface area (Å²) in [5, 5.41) is 3.33. The van der Waals surface area contributed by atoms with Gasteiger partial charge in [0.05, 0.1) is 0 Å². The lowest BCUT2D eigenvalue weighted by Crippen LogP contribution is -2.04. The highest BCUT2D eigenvalue weighted by atomic mass is 16.1. The zero-order valence-corrected chi connectivity index (χ0v) is 10.3. The van der Waals surface area contributed by atoms with Crippen LogP contribution in [0.2, 0.25) is 0 Å². The number of carbonyl (C=O) groups excluding carboxylic acids is 1. The van der Waals surface area contributed by atoms with Crippen LogP contribution in [0.25, 0.3) is 0 Å². The van der Waals surface area contributed by atoms with Crippen molar-refractivity contribution < 1.29 is 4.79 Å². The molecule has 0 amide bonds. The van der Waals surface area contributed by atoms with Gasteiger partial charge in [-0.1, -0.05) is 31.5 Å². The number of para-hydroxylation sites is 1. The molecule has 0 spiro atoms. The summed E-state index contributed by atoms with van der Waals surface area (Å²) in [6, 6.07) is 10.0. The Bertz CT molecular complexity index is 404. The molecular weight excluding hydrogens is 210 g/mol. The molecule has 0 bridgehead atoms. The van der Waals surface area contributed by atoms with Crippen LogP contribution in [0, 0.1) is 5.92 Å². The van der Waals surface area contributed by atoms with Gasteiger partial charge in [-0.15, -0.1) is 0 Å². The van der Waals surface area contributed by atoms with Crippen LogP contribution in [0.4, 0.5) is 5.69 Å². The molecule has 90 valence electrons. The smallest absolute Gasteiger partial charge is 0.160 e. The molecule has 0 aliphatic heterocycles. The van der Waals surface area contributed by atoms with Gasteiger partial charge in [-0.2, -0.15) is 0 Å². The van der Waals surface area contributed by atoms with Crippen molar-refractivity contribution in [2.75, 3.05) is 5.32 Å². The third-order valence-electron chi connectivity index (χ3n) is 2.89. The van der Waals surface area contributed by atoms with E-state index in [9.17, 15) is 4.79 Å². The maximum Gasteiger partial charge on any atom is 0.160 e. The first-order valence-corrected chi connectivity index (χ1v) is 6.36. The molecule has 1 fully saturated rings. The average Bonchev–Trinajstić information content (AvgIpc) is 3.14. The third-order valence-corrected chi connectivity index (χ3v) is 2.89. The fourth-order valence-electron chi connectivity index (χ4n) is 1.80. The molecule has 1 N–H and O–H groups in total. The van der Waals surface area contributed by atoms with Gasteiger partial charge in [-0.25, -0.2) is 0 Å². The largest absolute Gasteiger partial charge is 0.359 e. The minimum Gasteiger partial charge on any atom is -0.359 e. The lowest BCUT2D eigenvalue weighted by molar-refractivity contribution is -0.115. The minimum atomic E-state index is 0.289. The van der Waals surface area contributed by atoms with Gasteiger partial charge in [0.25, 0.3) is 0 Å². The summed E-state index contributed by atoms with van der Waals surface area (Å²) in [4.78, 5) is 11.8. The monoisotopic (exact) mass is 229 g/mol. The Morgan fingerprint density at radius 1 is 1.35 bits per heavy atom. The molecule has 0 heterocycles. The van der Waals surface area contributed by atoms with Gasteiger partial charge in [0, 0.05) is 23.4 Å². The molecule has 17 heavy (non-hydrogen) atoms. The van der Waals surface area contributed by atoms with Gasteiger partial charge in [-0.3, -0.25) is 4.79 Å². The van der Waals surface area contributed by atoms with Crippen molar-refractivity contribution in [1.82, 2.24) is 0 Å². The van der Waals surface area contributed by atoms with E-state index in [1.165, 1.54) is 0 Å². The Kier molecular flexibility index (Phi) is 3.97. The highest BCUT2D eigenvalue weighted by Crippen LogP contribution is 2.30. The second-order valence-electron chi connectivity index (χ2n) is 4.59. The molecule has 1 aliphatic rings. The topological polar surface area (TPSA) is 29.1 Å². The van der Waals surface area contributed by atoms with Crippen molar-refractivity contribution in [3.63, 3.8) is 0 Å². The third kappa shape index (κ3) is 3.74. The van der Waals surface area contributed by atoms with Crippen molar-refractivity contribution in [2.45, 2.75) is 32.6 Å². The van der Waals surface area contributed by atoms with E-state index in [4.69, 9.17) is 0 Å². The van der Waals surface area contributed by atoms with E-state index in [1.807, 2.05) is 30.3 Å². The Balaban J connectivity index is 2.03. The molecule has 1 saturated carbocycles. The number of hydrogen-bond donors (Lipinski definition) is 1. The zero-order chi connectivity index (χ0) is 12.1. The lowest BCUT2D eigenvalue weighted by atomic mass is 10.1. The summed E-state index contributed by atoms with van der Waals surface area (Å²) in [5.74, 6) is 0.594. The summed E-state index contributed by atoms with van der Waals surface area (Å²) < 4.78 is 0. The number of benzene rings is 1. The maximum atomic E-state index is 11.8. The van der Waals surface area contributed by atoms with Crippen molar-refractivity contribution in [1.29, 1.82) is 0 Å². The Morgan fingerprint density at radius 2 is 2.06 bits per heavy atom. The Morgan fingerprint density at radius 3 is 2.65 bits per heavy atom. The highest BCUT2D eigenvalue weighted by molar-refractivity contribution is 5.94. The van der Waals surface area contributed by atoms with E-state index in [0.29, 0.717) is 5.92 Å². The van der Waals surface area contributed by atoms with Crippen LogP contribution in [-0.4, -0.2) is 5.78 Å². The van der Waals surface area contributed by atoms with Crippen LogP contribution < -0.4 is 5.32 Å². The van der Waals surface area contributed by atoms with Crippen LogP contribution >= 0.6 is 0 Å². The van der Waals surface area contributed by atoms with Crippen molar-refractivity contribution in [3.8, 4) is 0 Å². The van der Waals surface area contributed by atoms with Crippen LogP contribution in [0.3, 0.4) is 0 Å². The van der Waals surface area contributed by atoms with E-state index in [1.54, 1.807) is 6.08 Å². The quantitative estimate of drug-likeness (QED) is 0.752. The maximum absolute atomic E-state index is 11.8. The lowest BCUT2D eigenvalue weighted by Gasteiger charge is -2.09. The number of rotatable bonds is 6. The molecule has 2 rings (SSSR count). The Labute approximate surface area is 103 Å². The molecule has 2 heteroatoms. The molecule has 1 aromatic carbocycles. The average molecular weight is 229 g/mol. The van der Waals surface area contributed by atoms with Crippen LogP contribution in [0.5, 0.6) is 0 Å². The molecule has 1 aromatic rings. The van der Waals surface area contributed by atoms with Crippen LogP contribution in [0.15, 0.2) is 42.1 Å². The molecule has 0 radical (unpaired) electrons. The first-order chi connectivity index (χ1) is 8.29. The summed E-state index contributed by atoms with van der Waals surface area (Å²) in [6.45, 7) is 2.13. The van der Waals surface area contributed by atoms with Gasteiger partial charge in [0.1, 0.15) is 0 Å². The van der Waals surface area contributed by atoms with E-state index < -0.39 is 0 Å².